The third-order valence-electron chi connectivity index (χ3n) is 1.51. The van der Waals surface area contributed by atoms with Crippen LogP contribution in [0.5, 0.6) is 0 Å². The first-order valence-corrected chi connectivity index (χ1v) is 6.56. The van der Waals surface area contributed by atoms with Gasteiger partial charge in [0.15, 0.2) is 0 Å². The Kier molecular flexibility index (Phi) is 5.92. The van der Waals surface area contributed by atoms with Crippen LogP contribution in [0.3, 0.4) is 0 Å². The molecule has 0 bridgehead atoms. The minimum absolute atomic E-state index is 0.174. The van der Waals surface area contributed by atoms with Crippen LogP contribution in [0.25, 0.3) is 0 Å². The highest BCUT2D eigenvalue weighted by Crippen LogP contribution is 2.36. The first-order chi connectivity index (χ1) is 6.78. The first kappa shape index (κ1) is 14.5. The molecule has 15 heavy (non-hydrogen) atoms. The zero-order chi connectivity index (χ0) is 12.1. The van der Waals surface area contributed by atoms with Crippen LogP contribution in [-0.4, -0.2) is 40.2 Å². The molecule has 0 amide bonds. The fraction of sp³-hybridized carbons (Fsp3) is 0.667. The smallest absolute Gasteiger partial charge is 0.321 e. The van der Waals surface area contributed by atoms with Gasteiger partial charge in [-0.15, -0.1) is 0 Å². The van der Waals surface area contributed by atoms with Gasteiger partial charge in [0.1, 0.15) is 6.04 Å². The molecule has 0 fully saturated rings. The molecule has 0 spiro atoms. The number of carboxylic acids is 2. The molecule has 0 aromatic rings. The van der Waals surface area contributed by atoms with Gasteiger partial charge in [-0.1, -0.05) is 0 Å². The van der Waals surface area contributed by atoms with Crippen molar-refractivity contribution in [2.45, 2.75) is 18.9 Å². The van der Waals surface area contributed by atoms with E-state index < -0.39 is 24.6 Å². The third-order valence-corrected chi connectivity index (χ3v) is 3.41. The monoisotopic (exact) mass is 257 g/mol. The lowest BCUT2D eigenvalue weighted by molar-refractivity contribution is -0.140. The predicted molar refractivity (Wildman–Crippen MR) is 54.9 cm³/mol. The largest absolute Gasteiger partial charge is 0.481 e. The lowest BCUT2D eigenvalue weighted by Crippen LogP contribution is -2.35. The van der Waals surface area contributed by atoms with E-state index in [-0.39, 0.29) is 12.8 Å². The van der Waals surface area contributed by atoms with Gasteiger partial charge in [-0.3, -0.25) is 9.59 Å². The summed E-state index contributed by atoms with van der Waals surface area (Å²) in [5.74, 6) is -2.40. The maximum absolute atomic E-state index is 10.7. The van der Waals surface area contributed by atoms with Crippen LogP contribution < -0.4 is 5.09 Å². The van der Waals surface area contributed by atoms with E-state index in [1.807, 2.05) is 0 Å². The van der Waals surface area contributed by atoms with Crippen LogP contribution in [0.1, 0.15) is 12.8 Å². The fourth-order valence-electron chi connectivity index (χ4n) is 0.761. The van der Waals surface area contributed by atoms with E-state index in [9.17, 15) is 14.5 Å². The molecular weight excluding hydrogens is 245 g/mol. The van der Waals surface area contributed by atoms with Gasteiger partial charge in [-0.2, -0.15) is 0 Å². The maximum Gasteiger partial charge on any atom is 0.321 e. The molecule has 0 radical (unpaired) electrons. The molecular formula is C6H12NO6PS. The summed E-state index contributed by atoms with van der Waals surface area (Å²) in [6.07, 6.45) is -0.504. The topological polar surface area (TPSA) is 116 Å². The molecule has 0 rings (SSSR count). The Morgan fingerprint density at radius 3 is 2.40 bits per heavy atom. The second-order valence-electron chi connectivity index (χ2n) is 2.66. The van der Waals surface area contributed by atoms with Gasteiger partial charge in [0.25, 0.3) is 6.64 Å². The minimum Gasteiger partial charge on any atom is -0.481 e. The number of aliphatic carboxylic acids is 2. The molecule has 4 N–H and O–H groups in total. The first-order valence-electron chi connectivity index (χ1n) is 3.89. The number of hydrogen-bond acceptors (Lipinski definition) is 4. The molecule has 0 aromatic heterocycles. The minimum atomic E-state index is -3.33. The lowest BCUT2D eigenvalue weighted by atomic mass is 10.2. The number of nitrogens with one attached hydrogen (secondary N) is 1. The van der Waals surface area contributed by atoms with Crippen LogP contribution >= 0.6 is 6.64 Å². The van der Waals surface area contributed by atoms with Crippen molar-refractivity contribution in [2.24, 2.45) is 0 Å². The normalized spacial score (nSPS) is 16.7. The van der Waals surface area contributed by atoms with E-state index in [4.69, 9.17) is 10.2 Å². The van der Waals surface area contributed by atoms with Crippen molar-refractivity contribution < 1.29 is 29.2 Å². The molecule has 2 atom stereocenters. The van der Waals surface area contributed by atoms with Gasteiger partial charge < -0.3 is 19.6 Å². The Bertz CT molecular complexity index is 295. The van der Waals surface area contributed by atoms with Crippen molar-refractivity contribution in [3.8, 4) is 0 Å². The summed E-state index contributed by atoms with van der Waals surface area (Å²) in [5, 5.41) is 19.3. The summed E-state index contributed by atoms with van der Waals surface area (Å²) in [4.78, 5) is 30.2. The zero-order valence-corrected chi connectivity index (χ0v) is 9.62. The molecule has 0 aliphatic rings. The molecule has 0 saturated heterocycles. The lowest BCUT2D eigenvalue weighted by Gasteiger charge is -2.19. The second-order valence-corrected chi connectivity index (χ2v) is 5.80. The molecule has 7 nitrogen and oxygen atoms in total. The SMILES string of the molecule is COP(O)(=S)NC(CCC(=O)O)C(=O)O. The molecule has 88 valence electrons. The summed E-state index contributed by atoms with van der Waals surface area (Å²) in [6.45, 7) is -3.33. The van der Waals surface area contributed by atoms with Crippen LogP contribution in [0.4, 0.5) is 0 Å². The van der Waals surface area contributed by atoms with Crippen molar-refractivity contribution in [3.05, 3.63) is 0 Å². The highest BCUT2D eigenvalue weighted by molar-refractivity contribution is 8.08. The molecule has 2 unspecified atom stereocenters. The van der Waals surface area contributed by atoms with Crippen LogP contribution in [0.2, 0.25) is 0 Å². The van der Waals surface area contributed by atoms with Gasteiger partial charge in [-0.25, -0.2) is 5.09 Å². The average molecular weight is 257 g/mol. The third kappa shape index (κ3) is 6.53. The van der Waals surface area contributed by atoms with E-state index >= 15 is 0 Å². The van der Waals surface area contributed by atoms with Crippen LogP contribution in [0.15, 0.2) is 0 Å². The summed E-state index contributed by atoms with van der Waals surface area (Å²) in [6, 6.07) is -1.23. The summed E-state index contributed by atoms with van der Waals surface area (Å²) in [7, 11) is 1.14. The van der Waals surface area contributed by atoms with Gasteiger partial charge in [0, 0.05) is 13.5 Å². The number of carbonyl (C=O) groups is 2. The van der Waals surface area contributed by atoms with Crippen molar-refractivity contribution in [1.82, 2.24) is 5.09 Å². The predicted octanol–water partition coefficient (Wildman–Crippen LogP) is -0.243. The van der Waals surface area contributed by atoms with Gasteiger partial charge in [-0.05, 0) is 18.2 Å². The molecule has 0 aromatic carbocycles. The Morgan fingerprint density at radius 1 is 1.53 bits per heavy atom. The van der Waals surface area contributed by atoms with E-state index in [0.29, 0.717) is 0 Å². The van der Waals surface area contributed by atoms with E-state index in [2.05, 4.69) is 21.4 Å². The standard InChI is InChI=1S/C6H12NO6PS/c1-13-14(12,15)7-4(6(10)11)2-3-5(8)9/h4H,2-3H2,1H3,(H,8,9)(H,10,11)(H2,7,12,15). The Hall–Kier alpha value is -0.530. The molecule has 9 heteroatoms. The average Bonchev–Trinajstić information content (AvgIpc) is 2.11. The quantitative estimate of drug-likeness (QED) is 0.462. The molecule has 0 aliphatic carbocycles. The number of hydrogen-bond donors (Lipinski definition) is 4. The van der Waals surface area contributed by atoms with Crippen molar-refractivity contribution in [2.75, 3.05) is 7.11 Å². The zero-order valence-electron chi connectivity index (χ0n) is 7.91. The van der Waals surface area contributed by atoms with E-state index in [1.165, 1.54) is 0 Å². The Balaban J connectivity index is 4.35. The fourth-order valence-corrected chi connectivity index (χ4v) is 1.88. The van der Waals surface area contributed by atoms with Crippen LogP contribution in [-0.2, 0) is 25.9 Å². The maximum atomic E-state index is 10.7. The highest BCUT2D eigenvalue weighted by Gasteiger charge is 2.24. The van der Waals surface area contributed by atoms with Gasteiger partial charge in [0.05, 0.1) is 0 Å². The molecule has 0 heterocycles. The van der Waals surface area contributed by atoms with Gasteiger partial charge in [0.2, 0.25) is 0 Å². The number of carboxylic acid groups (broad SMARTS) is 2. The second kappa shape index (κ2) is 6.14. The highest BCUT2D eigenvalue weighted by atomic mass is 32.5. The van der Waals surface area contributed by atoms with Crippen LogP contribution in [0, 0.1) is 0 Å². The van der Waals surface area contributed by atoms with Crippen molar-refractivity contribution in [1.29, 1.82) is 0 Å². The number of rotatable bonds is 7. The Morgan fingerprint density at radius 2 is 2.07 bits per heavy atom. The van der Waals surface area contributed by atoms with E-state index in [0.717, 1.165) is 7.11 Å². The summed E-state index contributed by atoms with van der Waals surface area (Å²) in [5.41, 5.74) is 0. The summed E-state index contributed by atoms with van der Waals surface area (Å²) < 4.78 is 4.48. The van der Waals surface area contributed by atoms with E-state index in [1.54, 1.807) is 0 Å². The molecule has 0 aliphatic heterocycles. The van der Waals surface area contributed by atoms with Gasteiger partial charge >= 0.3 is 11.9 Å². The Labute approximate surface area is 91.3 Å². The molecule has 0 saturated carbocycles. The van der Waals surface area contributed by atoms with Crippen molar-refractivity contribution >= 4 is 30.4 Å². The van der Waals surface area contributed by atoms with Crippen molar-refractivity contribution in [3.63, 3.8) is 0 Å². The summed E-state index contributed by atoms with van der Waals surface area (Å²) >= 11 is 4.54.